The quantitative estimate of drug-likeness (QED) is 0.589. The topological polar surface area (TPSA) is 163 Å². The Bertz CT molecular complexity index is 675. The molecule has 1 rings (SSSR count). The number of hydrogen-bond acceptors (Lipinski definition) is 6. The van der Waals surface area contributed by atoms with Crippen LogP contribution in [-0.4, -0.2) is 38.9 Å². The zero-order chi connectivity index (χ0) is 14.4. The minimum absolute atomic E-state index is 0. The van der Waals surface area contributed by atoms with Gasteiger partial charge < -0.3 is 0 Å². The molecule has 3 N–H and O–H groups in total. The van der Waals surface area contributed by atoms with Crippen LogP contribution in [0.15, 0.2) is 32.9 Å². The lowest BCUT2D eigenvalue weighted by atomic mass is 10.4. The van der Waals surface area contributed by atoms with Gasteiger partial charge in [-0.1, -0.05) is 0 Å². The Kier molecular flexibility index (Phi) is 9.68. The number of halogens is 3. The second kappa shape index (κ2) is 7.89. The molecular weight excluding hydrogens is 419 g/mol. The van der Waals surface area contributed by atoms with E-state index in [4.69, 9.17) is 13.7 Å². The van der Waals surface area contributed by atoms with E-state index in [0.717, 1.165) is 0 Å². The standard InChI is InChI=1S/C6H6O9S3.3ClH/c7-16(8,9)4-1-5(17(10,11)12)3-6(2-4)18(13,14)15;;;/h1-3H,(H,7,8,9)(H,10,11,12)(H,13,14,15);3*1H. The number of benzene rings is 1. The third kappa shape index (κ3) is 7.08. The van der Waals surface area contributed by atoms with E-state index < -0.39 is 45.0 Å². The van der Waals surface area contributed by atoms with Crippen molar-refractivity contribution in [3.63, 3.8) is 0 Å². The molecule has 0 aliphatic rings. The first-order chi connectivity index (χ1) is 7.82. The van der Waals surface area contributed by atoms with Crippen LogP contribution in [0.5, 0.6) is 0 Å². The molecule has 15 heteroatoms. The summed E-state index contributed by atoms with van der Waals surface area (Å²) in [4.78, 5) is -3.32. The fourth-order valence-corrected chi connectivity index (χ4v) is 2.87. The molecule has 1 aromatic carbocycles. The van der Waals surface area contributed by atoms with E-state index in [1.165, 1.54) is 0 Å². The molecule has 0 unspecified atom stereocenters. The molecular formula is C6H9Cl3O9S3. The third-order valence-electron chi connectivity index (χ3n) is 1.75. The second-order valence-corrected chi connectivity index (χ2v) is 7.33. The Hall–Kier alpha value is -0.180. The maximum Gasteiger partial charge on any atom is 0.294 e. The number of rotatable bonds is 3. The fraction of sp³-hybridized carbons (Fsp3) is 0. The molecule has 126 valence electrons. The smallest absolute Gasteiger partial charge is 0.282 e. The summed E-state index contributed by atoms with van der Waals surface area (Å²) >= 11 is 0. The summed E-state index contributed by atoms with van der Waals surface area (Å²) in [6, 6.07) is 0.998. The SMILES string of the molecule is Cl.Cl.Cl.O=S(=O)(O)c1cc(S(=O)(=O)O)cc(S(=O)(=O)O)c1. The van der Waals surface area contributed by atoms with Gasteiger partial charge in [0.2, 0.25) is 0 Å². The molecule has 0 bridgehead atoms. The monoisotopic (exact) mass is 426 g/mol. The number of hydrogen-bond donors (Lipinski definition) is 3. The van der Waals surface area contributed by atoms with Crippen molar-refractivity contribution in [3.8, 4) is 0 Å². The molecule has 0 aliphatic carbocycles. The van der Waals surface area contributed by atoms with E-state index >= 15 is 0 Å². The van der Waals surface area contributed by atoms with Crippen LogP contribution >= 0.6 is 37.2 Å². The summed E-state index contributed by atoms with van der Waals surface area (Å²) in [6.45, 7) is 0. The summed E-state index contributed by atoms with van der Waals surface area (Å²) in [5.74, 6) is 0. The van der Waals surface area contributed by atoms with E-state index in [0.29, 0.717) is 18.2 Å². The average molecular weight is 428 g/mol. The fourth-order valence-electron chi connectivity index (χ4n) is 0.992. The highest BCUT2D eigenvalue weighted by Crippen LogP contribution is 2.21. The summed E-state index contributed by atoms with van der Waals surface area (Å²) in [5, 5.41) is 0. The van der Waals surface area contributed by atoms with Crippen molar-refractivity contribution >= 4 is 67.6 Å². The van der Waals surface area contributed by atoms with Crippen molar-refractivity contribution < 1.29 is 38.9 Å². The molecule has 0 saturated heterocycles. The first kappa shape index (κ1) is 25.8. The van der Waals surface area contributed by atoms with E-state index in [-0.39, 0.29) is 37.2 Å². The van der Waals surface area contributed by atoms with Gasteiger partial charge in [-0.05, 0) is 18.2 Å². The largest absolute Gasteiger partial charge is 0.294 e. The van der Waals surface area contributed by atoms with Crippen LogP contribution in [0.4, 0.5) is 0 Å². The van der Waals surface area contributed by atoms with Crippen LogP contribution in [0.1, 0.15) is 0 Å². The van der Waals surface area contributed by atoms with Crippen LogP contribution < -0.4 is 0 Å². The van der Waals surface area contributed by atoms with Crippen LogP contribution in [0.2, 0.25) is 0 Å². The average Bonchev–Trinajstić information content (AvgIpc) is 2.13. The molecule has 0 aromatic heterocycles. The molecule has 0 saturated carbocycles. The summed E-state index contributed by atoms with van der Waals surface area (Å²) in [6.07, 6.45) is 0. The summed E-state index contributed by atoms with van der Waals surface area (Å²) < 4.78 is 90.8. The van der Waals surface area contributed by atoms with Crippen LogP contribution in [0, 0.1) is 0 Å². The van der Waals surface area contributed by atoms with Gasteiger partial charge in [-0.25, -0.2) is 0 Å². The second-order valence-electron chi connectivity index (χ2n) is 3.07. The van der Waals surface area contributed by atoms with Gasteiger partial charge in [-0.3, -0.25) is 13.7 Å². The Morgan fingerprint density at radius 3 is 0.762 bits per heavy atom. The van der Waals surface area contributed by atoms with Crippen molar-refractivity contribution in [2.24, 2.45) is 0 Å². The highest BCUT2D eigenvalue weighted by molar-refractivity contribution is 7.87. The summed E-state index contributed by atoms with van der Waals surface area (Å²) in [5.41, 5.74) is 0. The molecule has 21 heavy (non-hydrogen) atoms. The summed E-state index contributed by atoms with van der Waals surface area (Å²) in [7, 11) is -14.8. The highest BCUT2D eigenvalue weighted by atomic mass is 35.5. The molecule has 0 radical (unpaired) electrons. The van der Waals surface area contributed by atoms with Crippen LogP contribution in [0.25, 0.3) is 0 Å². The van der Waals surface area contributed by atoms with Crippen molar-refractivity contribution in [1.82, 2.24) is 0 Å². The van der Waals surface area contributed by atoms with E-state index in [9.17, 15) is 25.3 Å². The van der Waals surface area contributed by atoms with Gasteiger partial charge in [-0.15, -0.1) is 37.2 Å². The Balaban J connectivity index is -0.00000108. The third-order valence-corrected chi connectivity index (χ3v) is 4.24. The van der Waals surface area contributed by atoms with Gasteiger partial charge in [0.15, 0.2) is 0 Å². The van der Waals surface area contributed by atoms with Crippen LogP contribution in [0.3, 0.4) is 0 Å². The Morgan fingerprint density at radius 1 is 0.524 bits per heavy atom. The lowest BCUT2D eigenvalue weighted by molar-refractivity contribution is 0.478. The van der Waals surface area contributed by atoms with Gasteiger partial charge in [0.05, 0.1) is 14.7 Å². The zero-order valence-corrected chi connectivity index (χ0v) is 14.4. The van der Waals surface area contributed by atoms with Gasteiger partial charge in [0.1, 0.15) is 0 Å². The minimum Gasteiger partial charge on any atom is -0.282 e. The van der Waals surface area contributed by atoms with Crippen molar-refractivity contribution in [2.75, 3.05) is 0 Å². The van der Waals surface area contributed by atoms with Gasteiger partial charge >= 0.3 is 0 Å². The lowest BCUT2D eigenvalue weighted by Crippen LogP contribution is -2.07. The van der Waals surface area contributed by atoms with Crippen LogP contribution in [-0.2, 0) is 30.4 Å². The molecule has 0 fully saturated rings. The van der Waals surface area contributed by atoms with E-state index in [1.807, 2.05) is 0 Å². The predicted molar refractivity (Wildman–Crippen MR) is 77.6 cm³/mol. The van der Waals surface area contributed by atoms with Crippen molar-refractivity contribution in [2.45, 2.75) is 14.7 Å². The maximum absolute atomic E-state index is 10.8. The molecule has 0 spiro atoms. The normalized spacial score (nSPS) is 11.6. The first-order valence-electron chi connectivity index (χ1n) is 3.89. The molecule has 9 nitrogen and oxygen atoms in total. The van der Waals surface area contributed by atoms with Crippen molar-refractivity contribution in [1.29, 1.82) is 0 Å². The molecule has 0 heterocycles. The Morgan fingerprint density at radius 2 is 0.667 bits per heavy atom. The molecule has 0 aliphatic heterocycles. The Labute approximate surface area is 139 Å². The highest BCUT2D eigenvalue weighted by Gasteiger charge is 2.22. The lowest BCUT2D eigenvalue weighted by Gasteiger charge is -2.04. The van der Waals surface area contributed by atoms with Gasteiger partial charge in [0.25, 0.3) is 30.4 Å². The van der Waals surface area contributed by atoms with Gasteiger partial charge in [0, 0.05) is 0 Å². The molecule has 0 amide bonds. The minimum atomic E-state index is -4.92. The molecule has 1 aromatic rings. The predicted octanol–water partition coefficient (Wildman–Crippen LogP) is 0.692. The first-order valence-corrected chi connectivity index (χ1v) is 8.21. The zero-order valence-electron chi connectivity index (χ0n) is 9.47. The van der Waals surface area contributed by atoms with Crippen molar-refractivity contribution in [3.05, 3.63) is 18.2 Å². The van der Waals surface area contributed by atoms with E-state index in [1.54, 1.807) is 0 Å². The molecule has 0 atom stereocenters. The van der Waals surface area contributed by atoms with E-state index in [2.05, 4.69) is 0 Å². The maximum atomic E-state index is 10.8. The van der Waals surface area contributed by atoms with Gasteiger partial charge in [-0.2, -0.15) is 25.3 Å².